The summed E-state index contributed by atoms with van der Waals surface area (Å²) in [4.78, 5) is 17.2. The smallest absolute Gasteiger partial charge is 0.272 e. The van der Waals surface area contributed by atoms with Crippen molar-refractivity contribution in [2.45, 2.75) is 37.0 Å². The van der Waals surface area contributed by atoms with E-state index in [0.717, 1.165) is 51.1 Å². The summed E-state index contributed by atoms with van der Waals surface area (Å²) >= 11 is 0. The normalized spacial score (nSPS) is 19.7. The number of H-pyrrole nitrogens is 1. The Labute approximate surface area is 160 Å². The average Bonchev–Trinajstić information content (AvgIpc) is 2.90. The summed E-state index contributed by atoms with van der Waals surface area (Å²) in [6.07, 6.45) is 6.27. The first-order valence-electron chi connectivity index (χ1n) is 9.69. The highest BCUT2D eigenvalue weighted by molar-refractivity contribution is 7.89. The van der Waals surface area contributed by atoms with Crippen LogP contribution >= 0.6 is 0 Å². The van der Waals surface area contributed by atoms with E-state index in [9.17, 15) is 13.2 Å². The van der Waals surface area contributed by atoms with Crippen LogP contribution in [-0.4, -0.2) is 69.5 Å². The van der Waals surface area contributed by atoms with Crippen LogP contribution in [0.25, 0.3) is 0 Å². The van der Waals surface area contributed by atoms with Gasteiger partial charge in [-0.25, -0.2) is 13.4 Å². The van der Waals surface area contributed by atoms with Gasteiger partial charge in [0.2, 0.25) is 15.9 Å². The molecule has 9 heteroatoms. The number of nitrogens with zero attached hydrogens (tertiary/aromatic N) is 2. The van der Waals surface area contributed by atoms with E-state index in [2.05, 4.69) is 10.3 Å². The summed E-state index contributed by atoms with van der Waals surface area (Å²) in [6.45, 7) is 3.98. The van der Waals surface area contributed by atoms with Crippen LogP contribution in [0.15, 0.2) is 23.2 Å². The minimum absolute atomic E-state index is 0.255. The zero-order valence-corrected chi connectivity index (χ0v) is 16.5. The standard InChI is InChI=1S/C18H28N4O4S/c23-18-5-2-1-3-9-21(18)10-4-8-19-17-7-6-16(15-20-17)27(24,25)22-11-13-26-14-12-22/h6-7,15H,1-5,8-14H2,(H,19,20)/p+1. The molecule has 0 unspecified atom stereocenters. The van der Waals surface area contributed by atoms with Gasteiger partial charge in [0.15, 0.2) is 0 Å². The number of aromatic nitrogens is 1. The monoisotopic (exact) mass is 397 g/mol. The second-order valence-electron chi connectivity index (χ2n) is 6.93. The maximum atomic E-state index is 12.6. The Morgan fingerprint density at radius 1 is 1.11 bits per heavy atom. The van der Waals surface area contributed by atoms with Crippen molar-refractivity contribution in [1.29, 1.82) is 0 Å². The zero-order valence-electron chi connectivity index (χ0n) is 15.7. The fraction of sp³-hybridized carbons (Fsp3) is 0.667. The first-order valence-corrected chi connectivity index (χ1v) is 11.1. The number of rotatable bonds is 7. The molecule has 8 nitrogen and oxygen atoms in total. The maximum absolute atomic E-state index is 12.6. The quantitative estimate of drug-likeness (QED) is 0.685. The molecule has 0 bridgehead atoms. The summed E-state index contributed by atoms with van der Waals surface area (Å²) < 4.78 is 31.8. The fourth-order valence-electron chi connectivity index (χ4n) is 3.38. The van der Waals surface area contributed by atoms with Crippen LogP contribution in [0.2, 0.25) is 0 Å². The van der Waals surface area contributed by atoms with Crippen LogP contribution in [0.4, 0.5) is 5.82 Å². The van der Waals surface area contributed by atoms with Crippen LogP contribution in [0.5, 0.6) is 0 Å². The fourth-order valence-corrected chi connectivity index (χ4v) is 4.76. The van der Waals surface area contributed by atoms with Gasteiger partial charge in [0, 0.05) is 45.1 Å². The van der Waals surface area contributed by atoms with Gasteiger partial charge in [-0.2, -0.15) is 4.31 Å². The van der Waals surface area contributed by atoms with Gasteiger partial charge in [0.25, 0.3) is 5.82 Å². The lowest BCUT2D eigenvalue weighted by Gasteiger charge is -2.25. The molecule has 150 valence electrons. The van der Waals surface area contributed by atoms with E-state index in [1.807, 2.05) is 4.90 Å². The minimum atomic E-state index is -3.48. The zero-order chi connectivity index (χ0) is 19.1. The highest BCUT2D eigenvalue weighted by atomic mass is 32.2. The summed E-state index contributed by atoms with van der Waals surface area (Å²) in [5.74, 6) is 1.02. The number of likely N-dealkylation sites (tertiary alicyclic amines) is 1. The molecule has 1 aromatic rings. The van der Waals surface area contributed by atoms with E-state index >= 15 is 0 Å². The third kappa shape index (κ3) is 5.40. The number of carbonyl (C=O) groups excluding carboxylic acids is 1. The number of nitrogens with one attached hydrogen (secondary N) is 2. The lowest BCUT2D eigenvalue weighted by molar-refractivity contribution is -0.364. The number of anilines is 1. The molecule has 0 aliphatic carbocycles. The minimum Gasteiger partial charge on any atom is -0.379 e. The molecule has 1 aromatic heterocycles. The predicted octanol–water partition coefficient (Wildman–Crippen LogP) is 0.726. The molecule has 0 atom stereocenters. The van der Waals surface area contributed by atoms with Crippen molar-refractivity contribution in [1.82, 2.24) is 9.21 Å². The number of hydrogen-bond donors (Lipinski definition) is 1. The number of aromatic amines is 1. The molecule has 0 aromatic carbocycles. The number of carbonyl (C=O) groups is 1. The summed E-state index contributed by atoms with van der Waals surface area (Å²) in [5, 5.41) is 3.25. The number of morpholine rings is 1. The molecule has 3 heterocycles. The molecule has 2 saturated heterocycles. The predicted molar refractivity (Wildman–Crippen MR) is 101 cm³/mol. The summed E-state index contributed by atoms with van der Waals surface area (Å²) in [7, 11) is -3.48. The molecular weight excluding hydrogens is 368 g/mol. The topological polar surface area (TPSA) is 93.1 Å². The highest BCUT2D eigenvalue weighted by Crippen LogP contribution is 2.16. The Morgan fingerprint density at radius 2 is 1.93 bits per heavy atom. The van der Waals surface area contributed by atoms with Gasteiger partial charge in [0.1, 0.15) is 11.1 Å². The van der Waals surface area contributed by atoms with Crippen molar-refractivity contribution >= 4 is 21.7 Å². The maximum Gasteiger partial charge on any atom is 0.272 e. The molecule has 2 aliphatic rings. The van der Waals surface area contributed by atoms with Crippen LogP contribution in [0.3, 0.4) is 0 Å². The van der Waals surface area contributed by atoms with Crippen LogP contribution < -0.4 is 10.3 Å². The molecular formula is C18H29N4O4S+. The third-order valence-corrected chi connectivity index (χ3v) is 6.88. The number of pyridine rings is 1. The van der Waals surface area contributed by atoms with Crippen molar-refractivity contribution in [3.05, 3.63) is 18.3 Å². The Balaban J connectivity index is 1.47. The number of sulfonamides is 1. The van der Waals surface area contributed by atoms with Crippen molar-refractivity contribution in [3.63, 3.8) is 0 Å². The summed E-state index contributed by atoms with van der Waals surface area (Å²) in [5.41, 5.74) is 0. The largest absolute Gasteiger partial charge is 0.379 e. The van der Waals surface area contributed by atoms with Crippen LogP contribution in [0, 0.1) is 0 Å². The molecule has 0 radical (unpaired) electrons. The Hall–Kier alpha value is -1.71. The van der Waals surface area contributed by atoms with Crippen LogP contribution in [0.1, 0.15) is 32.1 Å². The van der Waals surface area contributed by atoms with Crippen molar-refractivity contribution in [3.8, 4) is 0 Å². The molecule has 27 heavy (non-hydrogen) atoms. The van der Waals surface area contributed by atoms with Crippen molar-refractivity contribution in [2.75, 3.05) is 51.3 Å². The second kappa shape index (κ2) is 9.48. The second-order valence-corrected chi connectivity index (χ2v) is 8.86. The molecule has 2 N–H and O–H groups in total. The first-order chi connectivity index (χ1) is 13.1. The lowest BCUT2D eigenvalue weighted by atomic mass is 10.2. The van der Waals surface area contributed by atoms with Gasteiger partial charge >= 0.3 is 0 Å². The van der Waals surface area contributed by atoms with Gasteiger partial charge in [-0.3, -0.25) is 10.1 Å². The Morgan fingerprint density at radius 3 is 2.67 bits per heavy atom. The van der Waals surface area contributed by atoms with Crippen molar-refractivity contribution in [2.24, 2.45) is 0 Å². The van der Waals surface area contributed by atoms with E-state index in [-0.39, 0.29) is 10.8 Å². The number of ether oxygens (including phenoxy) is 1. The van der Waals surface area contributed by atoms with E-state index in [1.54, 1.807) is 12.1 Å². The summed E-state index contributed by atoms with van der Waals surface area (Å²) in [6, 6.07) is 3.35. The average molecular weight is 398 g/mol. The molecule has 1 amide bonds. The van der Waals surface area contributed by atoms with E-state index in [0.29, 0.717) is 32.7 Å². The van der Waals surface area contributed by atoms with Crippen molar-refractivity contribution < 1.29 is 22.9 Å². The van der Waals surface area contributed by atoms with Crippen LogP contribution in [-0.2, 0) is 19.6 Å². The third-order valence-electron chi connectivity index (χ3n) is 4.98. The van der Waals surface area contributed by atoms with Gasteiger partial charge in [-0.1, -0.05) is 6.42 Å². The highest BCUT2D eigenvalue weighted by Gasteiger charge is 2.27. The van der Waals surface area contributed by atoms with E-state index < -0.39 is 10.0 Å². The van der Waals surface area contributed by atoms with E-state index in [4.69, 9.17) is 4.74 Å². The molecule has 0 saturated carbocycles. The lowest BCUT2D eigenvalue weighted by Crippen LogP contribution is -2.40. The number of amides is 1. The van der Waals surface area contributed by atoms with Gasteiger partial charge in [-0.15, -0.1) is 0 Å². The molecule has 3 rings (SSSR count). The molecule has 2 fully saturated rings. The van der Waals surface area contributed by atoms with Gasteiger partial charge in [0.05, 0.1) is 19.8 Å². The number of hydrogen-bond acceptors (Lipinski definition) is 5. The van der Waals surface area contributed by atoms with E-state index in [1.165, 1.54) is 10.5 Å². The Kier molecular flexibility index (Phi) is 7.03. The van der Waals surface area contributed by atoms with Gasteiger partial charge in [-0.05, 0) is 18.9 Å². The SMILES string of the molecule is O=C1CCCCCN1CCCNc1ccc(S(=O)(=O)N2CCOCC2)c[nH+]1. The van der Waals surface area contributed by atoms with Gasteiger partial charge < -0.3 is 9.64 Å². The molecule has 2 aliphatic heterocycles. The molecule has 0 spiro atoms. The Bertz CT molecular complexity index is 717. The first kappa shape index (κ1) is 20.0.